The number of pyridine rings is 1. The molecule has 5 nitrogen and oxygen atoms in total. The maximum atomic E-state index is 11.0. The standard InChI is InChI=1S/C12H13N3O2/c1-3-9(12(16)17)7-10-5-4-6-15-11(10)13-8(2)14-15/h4-7H,3H2,1-2H3,(H,16,17)/b9-7+. The number of carboxylic acid groups (broad SMARTS) is 1. The number of carboxylic acids is 1. The number of fused-ring (bicyclic) bond motifs is 1. The third-order valence-corrected chi connectivity index (χ3v) is 2.48. The Morgan fingerprint density at radius 2 is 2.35 bits per heavy atom. The van der Waals surface area contributed by atoms with Crippen LogP contribution < -0.4 is 0 Å². The SMILES string of the molecule is CC/C(=C\c1cccn2nc(C)nc12)C(=O)O. The van der Waals surface area contributed by atoms with Crippen LogP contribution in [0.4, 0.5) is 0 Å². The molecule has 2 aromatic heterocycles. The number of rotatable bonds is 3. The van der Waals surface area contributed by atoms with E-state index in [2.05, 4.69) is 10.1 Å². The van der Waals surface area contributed by atoms with Crippen LogP contribution in [0.5, 0.6) is 0 Å². The highest BCUT2D eigenvalue weighted by Crippen LogP contribution is 2.14. The summed E-state index contributed by atoms with van der Waals surface area (Å²) in [5, 5.41) is 13.2. The Balaban J connectivity index is 2.59. The molecule has 1 N–H and O–H groups in total. The average Bonchev–Trinajstić information content (AvgIpc) is 2.66. The zero-order valence-corrected chi connectivity index (χ0v) is 9.71. The van der Waals surface area contributed by atoms with Gasteiger partial charge in [0.05, 0.1) is 0 Å². The second-order valence-electron chi connectivity index (χ2n) is 3.72. The Morgan fingerprint density at radius 1 is 1.59 bits per heavy atom. The lowest BCUT2D eigenvalue weighted by Crippen LogP contribution is -1.99. The van der Waals surface area contributed by atoms with E-state index in [9.17, 15) is 4.79 Å². The first-order valence-electron chi connectivity index (χ1n) is 5.37. The first-order chi connectivity index (χ1) is 8.11. The second kappa shape index (κ2) is 4.37. The maximum absolute atomic E-state index is 11.0. The van der Waals surface area contributed by atoms with E-state index in [-0.39, 0.29) is 0 Å². The van der Waals surface area contributed by atoms with Crippen LogP contribution in [0.3, 0.4) is 0 Å². The summed E-state index contributed by atoms with van der Waals surface area (Å²) in [5.41, 5.74) is 1.81. The molecule has 2 aromatic rings. The van der Waals surface area contributed by atoms with Crippen molar-refractivity contribution < 1.29 is 9.90 Å². The lowest BCUT2D eigenvalue weighted by molar-refractivity contribution is -0.132. The second-order valence-corrected chi connectivity index (χ2v) is 3.72. The summed E-state index contributed by atoms with van der Waals surface area (Å²) in [6, 6.07) is 3.66. The van der Waals surface area contributed by atoms with Gasteiger partial charge in [0.2, 0.25) is 0 Å². The van der Waals surface area contributed by atoms with E-state index in [4.69, 9.17) is 5.11 Å². The third-order valence-electron chi connectivity index (χ3n) is 2.48. The third kappa shape index (κ3) is 2.18. The largest absolute Gasteiger partial charge is 0.478 e. The molecule has 0 radical (unpaired) electrons. The Kier molecular flexibility index (Phi) is 2.91. The van der Waals surface area contributed by atoms with E-state index in [1.54, 1.807) is 23.7 Å². The van der Waals surface area contributed by atoms with Gasteiger partial charge in [-0.3, -0.25) is 0 Å². The van der Waals surface area contributed by atoms with E-state index < -0.39 is 5.97 Å². The quantitative estimate of drug-likeness (QED) is 0.819. The summed E-state index contributed by atoms with van der Waals surface area (Å²) in [6.07, 6.45) is 3.91. The van der Waals surface area contributed by atoms with Gasteiger partial charge in [0, 0.05) is 17.3 Å². The lowest BCUT2D eigenvalue weighted by Gasteiger charge is -1.99. The molecule has 0 atom stereocenters. The number of aromatic nitrogens is 3. The molecule has 0 aliphatic rings. The Hall–Kier alpha value is -2.17. The molecule has 0 amide bonds. The molecule has 0 bridgehead atoms. The van der Waals surface area contributed by atoms with Crippen molar-refractivity contribution in [1.82, 2.24) is 14.6 Å². The minimum atomic E-state index is -0.897. The first-order valence-corrected chi connectivity index (χ1v) is 5.37. The van der Waals surface area contributed by atoms with Gasteiger partial charge in [0.1, 0.15) is 5.82 Å². The molecule has 0 saturated heterocycles. The van der Waals surface area contributed by atoms with Gasteiger partial charge in [0.25, 0.3) is 0 Å². The van der Waals surface area contributed by atoms with Gasteiger partial charge in [-0.1, -0.05) is 6.92 Å². The van der Waals surface area contributed by atoms with Crippen molar-refractivity contribution >= 4 is 17.7 Å². The molecular formula is C12H13N3O2. The highest BCUT2D eigenvalue weighted by molar-refractivity contribution is 5.93. The minimum absolute atomic E-state index is 0.360. The minimum Gasteiger partial charge on any atom is -0.478 e. The molecule has 2 rings (SSSR count). The maximum Gasteiger partial charge on any atom is 0.331 e. The van der Waals surface area contributed by atoms with Crippen LogP contribution in [0.25, 0.3) is 11.7 Å². The topological polar surface area (TPSA) is 67.5 Å². The lowest BCUT2D eigenvalue weighted by atomic mass is 10.1. The molecule has 0 saturated carbocycles. The van der Waals surface area contributed by atoms with E-state index in [1.807, 2.05) is 19.1 Å². The van der Waals surface area contributed by atoms with Crippen molar-refractivity contribution in [2.45, 2.75) is 20.3 Å². The number of carbonyl (C=O) groups is 1. The van der Waals surface area contributed by atoms with Crippen LogP contribution in [-0.2, 0) is 4.79 Å². The van der Waals surface area contributed by atoms with Gasteiger partial charge in [-0.15, -0.1) is 0 Å². The molecule has 2 heterocycles. The fraction of sp³-hybridized carbons (Fsp3) is 0.250. The number of hydrogen-bond donors (Lipinski definition) is 1. The normalized spacial score (nSPS) is 12.0. The molecule has 88 valence electrons. The highest BCUT2D eigenvalue weighted by atomic mass is 16.4. The number of aryl methyl sites for hydroxylation is 1. The van der Waals surface area contributed by atoms with Crippen LogP contribution in [0.2, 0.25) is 0 Å². The van der Waals surface area contributed by atoms with Crippen molar-refractivity contribution in [2.24, 2.45) is 0 Å². The summed E-state index contributed by atoms with van der Waals surface area (Å²) in [7, 11) is 0. The van der Waals surface area contributed by atoms with Crippen molar-refractivity contribution in [1.29, 1.82) is 0 Å². The van der Waals surface area contributed by atoms with E-state index in [0.29, 0.717) is 23.5 Å². The van der Waals surface area contributed by atoms with Gasteiger partial charge in [-0.2, -0.15) is 5.10 Å². The molecule has 5 heteroatoms. The first kappa shape index (κ1) is 11.3. The number of aliphatic carboxylic acids is 1. The average molecular weight is 231 g/mol. The fourth-order valence-electron chi connectivity index (χ4n) is 1.65. The van der Waals surface area contributed by atoms with Crippen LogP contribution in [0.15, 0.2) is 23.9 Å². The van der Waals surface area contributed by atoms with E-state index in [0.717, 1.165) is 5.56 Å². The van der Waals surface area contributed by atoms with Gasteiger partial charge >= 0.3 is 5.97 Å². The van der Waals surface area contributed by atoms with Crippen molar-refractivity contribution in [3.8, 4) is 0 Å². The van der Waals surface area contributed by atoms with Gasteiger partial charge in [-0.25, -0.2) is 14.3 Å². The van der Waals surface area contributed by atoms with Crippen LogP contribution in [0, 0.1) is 6.92 Å². The van der Waals surface area contributed by atoms with E-state index in [1.165, 1.54) is 0 Å². The monoisotopic (exact) mass is 231 g/mol. The molecule has 0 aliphatic carbocycles. The summed E-state index contributed by atoms with van der Waals surface area (Å²) >= 11 is 0. The van der Waals surface area contributed by atoms with Gasteiger partial charge < -0.3 is 5.11 Å². The zero-order chi connectivity index (χ0) is 12.4. The number of hydrogen-bond acceptors (Lipinski definition) is 3. The van der Waals surface area contributed by atoms with Crippen LogP contribution in [0.1, 0.15) is 24.7 Å². The number of nitrogens with zero attached hydrogens (tertiary/aromatic N) is 3. The smallest absolute Gasteiger partial charge is 0.331 e. The molecular weight excluding hydrogens is 218 g/mol. The zero-order valence-electron chi connectivity index (χ0n) is 9.71. The molecule has 0 unspecified atom stereocenters. The molecule has 17 heavy (non-hydrogen) atoms. The molecule has 0 fully saturated rings. The molecule has 0 aliphatic heterocycles. The summed E-state index contributed by atoms with van der Waals surface area (Å²) in [5.74, 6) is -0.232. The van der Waals surface area contributed by atoms with Gasteiger partial charge in [-0.05, 0) is 31.6 Å². The predicted octanol–water partition coefficient (Wildman–Crippen LogP) is 1.92. The van der Waals surface area contributed by atoms with Crippen LogP contribution in [-0.4, -0.2) is 25.7 Å². The Bertz CT molecular complexity index is 599. The van der Waals surface area contributed by atoms with Gasteiger partial charge in [0.15, 0.2) is 5.65 Å². The fourth-order valence-corrected chi connectivity index (χ4v) is 1.65. The summed E-state index contributed by atoms with van der Waals surface area (Å²) < 4.78 is 1.65. The van der Waals surface area contributed by atoms with Crippen molar-refractivity contribution in [3.63, 3.8) is 0 Å². The van der Waals surface area contributed by atoms with E-state index >= 15 is 0 Å². The van der Waals surface area contributed by atoms with Crippen molar-refractivity contribution in [2.75, 3.05) is 0 Å². The summed E-state index contributed by atoms with van der Waals surface area (Å²) in [4.78, 5) is 15.2. The summed E-state index contributed by atoms with van der Waals surface area (Å²) in [6.45, 7) is 3.62. The van der Waals surface area contributed by atoms with Crippen molar-refractivity contribution in [3.05, 3.63) is 35.3 Å². The molecule has 0 aromatic carbocycles. The Labute approximate surface area is 98.4 Å². The predicted molar refractivity (Wildman–Crippen MR) is 63.6 cm³/mol. The Morgan fingerprint density at radius 3 is 3.00 bits per heavy atom. The van der Waals surface area contributed by atoms with Crippen LogP contribution >= 0.6 is 0 Å². The highest BCUT2D eigenvalue weighted by Gasteiger charge is 2.08. The molecule has 0 spiro atoms.